The lowest BCUT2D eigenvalue weighted by atomic mass is 10.0. The molecule has 0 spiro atoms. The first-order valence-corrected chi connectivity index (χ1v) is 7.27. The molecular formula is C16H26N2. The molecule has 0 aliphatic carbocycles. The average molecular weight is 246 g/mol. The van der Waals surface area contributed by atoms with Crippen molar-refractivity contribution in [2.24, 2.45) is 0 Å². The molecule has 1 N–H and O–H groups in total. The van der Waals surface area contributed by atoms with Gasteiger partial charge in [-0.25, -0.2) is 0 Å². The predicted molar refractivity (Wildman–Crippen MR) is 77.6 cm³/mol. The molecule has 0 bridgehead atoms. The standard InChI is InChI=1S/C16H26N2/c1-14(2)17-12-16-10-6-7-11-18(16)13-15-8-4-3-5-9-15/h3-5,8-9,14,16-17H,6-7,10-13H2,1-2H3. The van der Waals surface area contributed by atoms with Crippen LogP contribution >= 0.6 is 0 Å². The molecule has 1 aromatic rings. The number of benzene rings is 1. The van der Waals surface area contributed by atoms with Gasteiger partial charge >= 0.3 is 0 Å². The highest BCUT2D eigenvalue weighted by Crippen LogP contribution is 2.19. The van der Waals surface area contributed by atoms with E-state index in [0.717, 1.165) is 13.1 Å². The van der Waals surface area contributed by atoms with Crippen LogP contribution in [0.5, 0.6) is 0 Å². The highest BCUT2D eigenvalue weighted by molar-refractivity contribution is 5.14. The molecule has 1 unspecified atom stereocenters. The molecule has 18 heavy (non-hydrogen) atoms. The van der Waals surface area contributed by atoms with E-state index >= 15 is 0 Å². The predicted octanol–water partition coefficient (Wildman–Crippen LogP) is 3.04. The van der Waals surface area contributed by atoms with Crippen LogP contribution in [0.4, 0.5) is 0 Å². The Morgan fingerprint density at radius 1 is 1.22 bits per heavy atom. The number of likely N-dealkylation sites (tertiary alicyclic amines) is 1. The summed E-state index contributed by atoms with van der Waals surface area (Å²) in [6, 6.07) is 12.1. The molecule has 1 aromatic carbocycles. The lowest BCUT2D eigenvalue weighted by molar-refractivity contribution is 0.136. The van der Waals surface area contributed by atoms with Crippen LogP contribution in [-0.2, 0) is 6.54 Å². The highest BCUT2D eigenvalue weighted by atomic mass is 15.2. The monoisotopic (exact) mass is 246 g/mol. The summed E-state index contributed by atoms with van der Waals surface area (Å²) in [6.07, 6.45) is 4.08. The van der Waals surface area contributed by atoms with Crippen LogP contribution in [-0.4, -0.2) is 30.1 Å². The van der Waals surface area contributed by atoms with Crippen molar-refractivity contribution in [3.8, 4) is 0 Å². The number of nitrogens with one attached hydrogen (secondary N) is 1. The van der Waals surface area contributed by atoms with Crippen molar-refractivity contribution < 1.29 is 0 Å². The first-order chi connectivity index (χ1) is 8.75. The van der Waals surface area contributed by atoms with E-state index in [1.54, 1.807) is 0 Å². The van der Waals surface area contributed by atoms with Gasteiger partial charge in [0.25, 0.3) is 0 Å². The fraction of sp³-hybridized carbons (Fsp3) is 0.625. The first-order valence-electron chi connectivity index (χ1n) is 7.27. The molecule has 0 radical (unpaired) electrons. The topological polar surface area (TPSA) is 15.3 Å². The Labute approximate surface area is 111 Å². The summed E-state index contributed by atoms with van der Waals surface area (Å²) in [5.41, 5.74) is 1.44. The first kappa shape index (κ1) is 13.6. The normalized spacial score (nSPS) is 21.4. The molecule has 1 heterocycles. The molecule has 1 aliphatic rings. The lowest BCUT2D eigenvalue weighted by Gasteiger charge is -2.36. The van der Waals surface area contributed by atoms with Gasteiger partial charge in [-0.1, -0.05) is 50.6 Å². The Bertz CT molecular complexity index is 334. The maximum absolute atomic E-state index is 3.59. The van der Waals surface area contributed by atoms with Crippen molar-refractivity contribution in [2.45, 2.75) is 51.7 Å². The molecule has 1 aliphatic heterocycles. The molecule has 2 heteroatoms. The largest absolute Gasteiger partial charge is 0.313 e. The van der Waals surface area contributed by atoms with Gasteiger partial charge in [0.05, 0.1) is 0 Å². The Balaban J connectivity index is 1.91. The fourth-order valence-electron chi connectivity index (χ4n) is 2.69. The van der Waals surface area contributed by atoms with Crippen molar-refractivity contribution >= 4 is 0 Å². The zero-order valence-electron chi connectivity index (χ0n) is 11.7. The zero-order chi connectivity index (χ0) is 12.8. The van der Waals surface area contributed by atoms with E-state index < -0.39 is 0 Å². The summed E-state index contributed by atoms with van der Waals surface area (Å²) in [6.45, 7) is 7.93. The minimum absolute atomic E-state index is 0.588. The maximum Gasteiger partial charge on any atom is 0.0237 e. The minimum atomic E-state index is 0.588. The summed E-state index contributed by atoms with van der Waals surface area (Å²) in [5.74, 6) is 0. The van der Waals surface area contributed by atoms with Crippen LogP contribution in [0.3, 0.4) is 0 Å². The maximum atomic E-state index is 3.59. The lowest BCUT2D eigenvalue weighted by Crippen LogP contribution is -2.46. The van der Waals surface area contributed by atoms with Gasteiger partial charge in [-0.15, -0.1) is 0 Å². The van der Waals surface area contributed by atoms with E-state index in [2.05, 4.69) is 54.4 Å². The molecule has 1 fully saturated rings. The fourth-order valence-corrected chi connectivity index (χ4v) is 2.69. The van der Waals surface area contributed by atoms with Crippen LogP contribution in [0.2, 0.25) is 0 Å². The second-order valence-electron chi connectivity index (χ2n) is 5.67. The second kappa shape index (κ2) is 6.91. The SMILES string of the molecule is CC(C)NCC1CCCCN1Cc1ccccc1. The highest BCUT2D eigenvalue weighted by Gasteiger charge is 2.22. The van der Waals surface area contributed by atoms with Crippen LogP contribution in [0.15, 0.2) is 30.3 Å². The number of rotatable bonds is 5. The van der Waals surface area contributed by atoms with E-state index in [1.807, 2.05) is 0 Å². The summed E-state index contributed by atoms with van der Waals surface area (Å²) in [7, 11) is 0. The third-order valence-corrected chi connectivity index (χ3v) is 3.74. The second-order valence-corrected chi connectivity index (χ2v) is 5.67. The van der Waals surface area contributed by atoms with Crippen molar-refractivity contribution in [1.29, 1.82) is 0 Å². The number of piperidine rings is 1. The van der Waals surface area contributed by atoms with Crippen LogP contribution in [0.1, 0.15) is 38.7 Å². The zero-order valence-corrected chi connectivity index (χ0v) is 11.7. The van der Waals surface area contributed by atoms with E-state index in [1.165, 1.54) is 31.4 Å². The van der Waals surface area contributed by atoms with Crippen LogP contribution in [0.25, 0.3) is 0 Å². The van der Waals surface area contributed by atoms with Crippen molar-refractivity contribution in [2.75, 3.05) is 13.1 Å². The Morgan fingerprint density at radius 2 is 2.00 bits per heavy atom. The van der Waals surface area contributed by atoms with Gasteiger partial charge in [-0.05, 0) is 24.9 Å². The molecule has 1 atom stereocenters. The van der Waals surface area contributed by atoms with E-state index in [0.29, 0.717) is 12.1 Å². The van der Waals surface area contributed by atoms with Gasteiger partial charge in [-0.3, -0.25) is 4.90 Å². The molecule has 1 saturated heterocycles. The molecule has 2 nitrogen and oxygen atoms in total. The van der Waals surface area contributed by atoms with E-state index in [9.17, 15) is 0 Å². The van der Waals surface area contributed by atoms with Gasteiger partial charge in [-0.2, -0.15) is 0 Å². The number of nitrogens with zero attached hydrogens (tertiary/aromatic N) is 1. The van der Waals surface area contributed by atoms with Crippen LogP contribution in [0, 0.1) is 0 Å². The van der Waals surface area contributed by atoms with Crippen molar-refractivity contribution in [3.63, 3.8) is 0 Å². The molecule has 0 aromatic heterocycles. The summed E-state index contributed by atoms with van der Waals surface area (Å²) in [5, 5.41) is 3.59. The Morgan fingerprint density at radius 3 is 2.72 bits per heavy atom. The van der Waals surface area contributed by atoms with Gasteiger partial charge in [0.15, 0.2) is 0 Å². The molecular weight excluding hydrogens is 220 g/mol. The quantitative estimate of drug-likeness (QED) is 0.859. The third-order valence-electron chi connectivity index (χ3n) is 3.74. The van der Waals surface area contributed by atoms with Crippen LogP contribution < -0.4 is 5.32 Å². The molecule has 0 amide bonds. The van der Waals surface area contributed by atoms with Crippen molar-refractivity contribution in [1.82, 2.24) is 10.2 Å². The average Bonchev–Trinajstić information content (AvgIpc) is 2.39. The minimum Gasteiger partial charge on any atom is -0.313 e. The van der Waals surface area contributed by atoms with E-state index in [-0.39, 0.29) is 0 Å². The third kappa shape index (κ3) is 4.11. The number of hydrogen-bond acceptors (Lipinski definition) is 2. The molecule has 0 saturated carbocycles. The smallest absolute Gasteiger partial charge is 0.0237 e. The number of hydrogen-bond donors (Lipinski definition) is 1. The summed E-state index contributed by atoms with van der Waals surface area (Å²) >= 11 is 0. The summed E-state index contributed by atoms with van der Waals surface area (Å²) in [4.78, 5) is 2.65. The Kier molecular flexibility index (Phi) is 5.21. The van der Waals surface area contributed by atoms with Crippen molar-refractivity contribution in [3.05, 3.63) is 35.9 Å². The molecule has 2 rings (SSSR count). The van der Waals surface area contributed by atoms with Gasteiger partial charge in [0, 0.05) is 25.2 Å². The van der Waals surface area contributed by atoms with Gasteiger partial charge in [0.1, 0.15) is 0 Å². The van der Waals surface area contributed by atoms with Gasteiger partial charge in [0.2, 0.25) is 0 Å². The summed E-state index contributed by atoms with van der Waals surface area (Å²) < 4.78 is 0. The van der Waals surface area contributed by atoms with Gasteiger partial charge < -0.3 is 5.32 Å². The Hall–Kier alpha value is -0.860. The van der Waals surface area contributed by atoms with E-state index in [4.69, 9.17) is 0 Å². The molecule has 100 valence electrons.